The van der Waals surface area contributed by atoms with E-state index in [1.807, 2.05) is 19.2 Å². The molecule has 2 aliphatic rings. The Morgan fingerprint density at radius 3 is 2.50 bits per heavy atom. The minimum absolute atomic E-state index is 0.143. The summed E-state index contributed by atoms with van der Waals surface area (Å²) >= 11 is 0. The van der Waals surface area contributed by atoms with Gasteiger partial charge in [-0.1, -0.05) is 12.1 Å². The second kappa shape index (κ2) is 10.6. The maximum absolute atomic E-state index is 14.0. The van der Waals surface area contributed by atoms with Crippen LogP contribution >= 0.6 is 0 Å². The number of nitrogens with zero attached hydrogens (tertiary/aromatic N) is 4. The van der Waals surface area contributed by atoms with Crippen LogP contribution in [0.25, 0.3) is 0 Å². The number of piperidine rings is 1. The predicted molar refractivity (Wildman–Crippen MR) is 113 cm³/mol. The molecule has 7 heteroatoms. The number of anilines is 1. The lowest BCUT2D eigenvalue weighted by Gasteiger charge is -2.38. The number of guanidine groups is 1. The summed E-state index contributed by atoms with van der Waals surface area (Å²) in [6.07, 6.45) is 2.43. The molecule has 1 aromatic carbocycles. The van der Waals surface area contributed by atoms with E-state index < -0.39 is 0 Å². The van der Waals surface area contributed by atoms with E-state index in [2.05, 4.69) is 25.0 Å². The van der Waals surface area contributed by atoms with Gasteiger partial charge in [-0.3, -0.25) is 4.99 Å². The molecule has 2 heterocycles. The first-order chi connectivity index (χ1) is 13.7. The number of ether oxygens (including phenoxy) is 1. The molecule has 1 aromatic rings. The van der Waals surface area contributed by atoms with Crippen molar-refractivity contribution in [1.82, 2.24) is 15.1 Å². The van der Waals surface area contributed by atoms with E-state index in [0.29, 0.717) is 11.6 Å². The van der Waals surface area contributed by atoms with Crippen molar-refractivity contribution in [3.8, 4) is 0 Å². The Balaban J connectivity index is 1.41. The molecule has 0 unspecified atom stereocenters. The molecule has 0 saturated carbocycles. The van der Waals surface area contributed by atoms with Gasteiger partial charge in [-0.15, -0.1) is 0 Å². The highest BCUT2D eigenvalue weighted by Gasteiger charge is 2.23. The van der Waals surface area contributed by atoms with Crippen LogP contribution in [0.15, 0.2) is 29.3 Å². The lowest BCUT2D eigenvalue weighted by atomic mass is 9.97. The van der Waals surface area contributed by atoms with Crippen LogP contribution in [0.5, 0.6) is 0 Å². The second-order valence-electron chi connectivity index (χ2n) is 7.63. The molecule has 6 nitrogen and oxygen atoms in total. The number of para-hydroxylation sites is 1. The van der Waals surface area contributed by atoms with Gasteiger partial charge in [-0.25, -0.2) is 4.39 Å². The molecule has 1 N–H and O–H groups in total. The monoisotopic (exact) mass is 391 g/mol. The highest BCUT2D eigenvalue weighted by Crippen LogP contribution is 2.20. The molecule has 156 valence electrons. The van der Waals surface area contributed by atoms with Gasteiger partial charge < -0.3 is 24.8 Å². The van der Waals surface area contributed by atoms with Crippen molar-refractivity contribution in [3.63, 3.8) is 0 Å². The molecule has 0 amide bonds. The van der Waals surface area contributed by atoms with E-state index in [1.54, 1.807) is 13.2 Å². The van der Waals surface area contributed by atoms with E-state index in [9.17, 15) is 4.39 Å². The molecule has 0 bridgehead atoms. The summed E-state index contributed by atoms with van der Waals surface area (Å²) in [6, 6.07) is 7.02. The first kappa shape index (κ1) is 20.9. The Morgan fingerprint density at radius 1 is 1.14 bits per heavy atom. The third-order valence-electron chi connectivity index (χ3n) is 5.85. The number of likely N-dealkylation sites (tertiary alicyclic amines) is 1. The third kappa shape index (κ3) is 5.58. The zero-order chi connectivity index (χ0) is 19.8. The fourth-order valence-electron chi connectivity index (χ4n) is 4.07. The van der Waals surface area contributed by atoms with Crippen LogP contribution in [0, 0.1) is 11.7 Å². The quantitative estimate of drug-likeness (QED) is 0.593. The molecular formula is C21H34FN5O. The SMILES string of the molecule is CN=C(NCC1CCN(CCOC)CC1)N1CCN(c2ccccc2F)CC1. The number of halogens is 1. The summed E-state index contributed by atoms with van der Waals surface area (Å²) in [5.74, 6) is 1.51. The van der Waals surface area contributed by atoms with Gasteiger partial charge in [0.2, 0.25) is 0 Å². The average Bonchev–Trinajstić information content (AvgIpc) is 2.74. The summed E-state index contributed by atoms with van der Waals surface area (Å²) in [6.45, 7) is 8.43. The molecule has 3 rings (SSSR count). The summed E-state index contributed by atoms with van der Waals surface area (Å²) < 4.78 is 19.2. The zero-order valence-corrected chi connectivity index (χ0v) is 17.2. The number of piperazine rings is 1. The van der Waals surface area contributed by atoms with Crippen molar-refractivity contribution in [3.05, 3.63) is 30.1 Å². The highest BCUT2D eigenvalue weighted by molar-refractivity contribution is 5.80. The Kier molecular flexibility index (Phi) is 7.91. The largest absolute Gasteiger partial charge is 0.383 e. The van der Waals surface area contributed by atoms with Gasteiger partial charge in [0.05, 0.1) is 12.3 Å². The topological polar surface area (TPSA) is 43.3 Å². The van der Waals surface area contributed by atoms with Crippen molar-refractivity contribution in [2.45, 2.75) is 12.8 Å². The van der Waals surface area contributed by atoms with Gasteiger partial charge in [0.25, 0.3) is 0 Å². The second-order valence-corrected chi connectivity index (χ2v) is 7.63. The van der Waals surface area contributed by atoms with Gasteiger partial charge in [-0.2, -0.15) is 0 Å². The minimum atomic E-state index is -0.143. The van der Waals surface area contributed by atoms with Crippen LogP contribution in [-0.2, 0) is 4.74 Å². The lowest BCUT2D eigenvalue weighted by Crippen LogP contribution is -2.53. The van der Waals surface area contributed by atoms with Crippen LogP contribution in [0.2, 0.25) is 0 Å². The van der Waals surface area contributed by atoms with Crippen LogP contribution in [0.1, 0.15) is 12.8 Å². The van der Waals surface area contributed by atoms with Crippen molar-refractivity contribution < 1.29 is 9.13 Å². The van der Waals surface area contributed by atoms with E-state index in [-0.39, 0.29) is 5.82 Å². The smallest absolute Gasteiger partial charge is 0.193 e. The number of benzene rings is 1. The Hall–Kier alpha value is -1.86. The van der Waals surface area contributed by atoms with Crippen LogP contribution in [0.4, 0.5) is 10.1 Å². The molecule has 0 aliphatic carbocycles. The lowest BCUT2D eigenvalue weighted by molar-refractivity contribution is 0.120. The number of hydrogen-bond donors (Lipinski definition) is 1. The zero-order valence-electron chi connectivity index (χ0n) is 17.2. The molecule has 0 aromatic heterocycles. The Morgan fingerprint density at radius 2 is 1.86 bits per heavy atom. The van der Waals surface area contributed by atoms with Gasteiger partial charge in [0, 0.05) is 53.4 Å². The van der Waals surface area contributed by atoms with Crippen molar-refractivity contribution in [2.75, 3.05) is 78.0 Å². The average molecular weight is 392 g/mol. The third-order valence-corrected chi connectivity index (χ3v) is 5.85. The first-order valence-corrected chi connectivity index (χ1v) is 10.4. The predicted octanol–water partition coefficient (Wildman–Crippen LogP) is 1.88. The van der Waals surface area contributed by atoms with Gasteiger partial charge in [-0.05, 0) is 44.0 Å². The number of hydrogen-bond acceptors (Lipinski definition) is 4. The molecule has 2 saturated heterocycles. The number of nitrogens with one attached hydrogen (secondary N) is 1. The van der Waals surface area contributed by atoms with E-state index in [4.69, 9.17) is 4.74 Å². The molecule has 0 spiro atoms. The number of aliphatic imine (C=N–C) groups is 1. The maximum Gasteiger partial charge on any atom is 0.193 e. The summed E-state index contributed by atoms with van der Waals surface area (Å²) in [4.78, 5) is 11.4. The Labute approximate surface area is 168 Å². The highest BCUT2D eigenvalue weighted by atomic mass is 19.1. The normalized spacial score (nSPS) is 19.9. The van der Waals surface area contributed by atoms with Crippen LogP contribution in [0.3, 0.4) is 0 Å². The van der Waals surface area contributed by atoms with E-state index >= 15 is 0 Å². The number of methoxy groups -OCH3 is 1. The van der Waals surface area contributed by atoms with E-state index in [1.165, 1.54) is 18.9 Å². The fraction of sp³-hybridized carbons (Fsp3) is 0.667. The summed E-state index contributed by atoms with van der Waals surface area (Å²) in [5, 5.41) is 3.57. The molecule has 28 heavy (non-hydrogen) atoms. The molecule has 2 fully saturated rings. The van der Waals surface area contributed by atoms with Crippen molar-refractivity contribution in [2.24, 2.45) is 10.9 Å². The first-order valence-electron chi connectivity index (χ1n) is 10.4. The maximum atomic E-state index is 14.0. The van der Waals surface area contributed by atoms with Gasteiger partial charge >= 0.3 is 0 Å². The fourth-order valence-corrected chi connectivity index (χ4v) is 4.07. The van der Waals surface area contributed by atoms with Crippen molar-refractivity contribution >= 4 is 11.6 Å². The Bertz CT molecular complexity index is 625. The van der Waals surface area contributed by atoms with E-state index in [0.717, 1.165) is 64.9 Å². The van der Waals surface area contributed by atoms with Gasteiger partial charge in [0.15, 0.2) is 5.96 Å². The number of rotatable bonds is 6. The summed E-state index contributed by atoms with van der Waals surface area (Å²) in [7, 11) is 3.61. The summed E-state index contributed by atoms with van der Waals surface area (Å²) in [5.41, 5.74) is 0.699. The molecule has 0 atom stereocenters. The minimum Gasteiger partial charge on any atom is -0.383 e. The molecule has 0 radical (unpaired) electrons. The van der Waals surface area contributed by atoms with Gasteiger partial charge in [0.1, 0.15) is 5.82 Å². The standard InChI is InChI=1S/C21H34FN5O/c1-23-21(24-17-18-7-9-25(10-8-18)15-16-28-2)27-13-11-26(12-14-27)20-6-4-3-5-19(20)22/h3-6,18H,7-17H2,1-2H3,(H,23,24). The van der Waals surface area contributed by atoms with Crippen molar-refractivity contribution in [1.29, 1.82) is 0 Å². The van der Waals surface area contributed by atoms with Crippen LogP contribution < -0.4 is 10.2 Å². The van der Waals surface area contributed by atoms with Crippen LogP contribution in [-0.4, -0.2) is 88.9 Å². The molecule has 2 aliphatic heterocycles. The molecular weight excluding hydrogens is 357 g/mol.